The maximum absolute atomic E-state index is 5.45. The second kappa shape index (κ2) is 11.6. The Balaban J connectivity index is 0.00000280. The van der Waals surface area contributed by atoms with Crippen molar-refractivity contribution in [2.24, 2.45) is 10.9 Å². The van der Waals surface area contributed by atoms with Crippen LogP contribution in [0, 0.1) is 12.8 Å². The molecule has 6 nitrogen and oxygen atoms in total. The standard InChI is InChI=1S/C21H33N5O.HI/c1-17-24-19-7-4-5-8-20(19)26(17)13-6-12-23-21(22-2)25(3)14-9-18-10-15-27-16-11-18;/h4-5,7-8,18H,6,9-16H2,1-3H3,(H,22,23);1H. The summed E-state index contributed by atoms with van der Waals surface area (Å²) in [5.41, 5.74) is 2.29. The van der Waals surface area contributed by atoms with Crippen LogP contribution in [0.5, 0.6) is 0 Å². The number of nitrogens with one attached hydrogen (secondary N) is 1. The molecule has 0 saturated carbocycles. The molecule has 7 heteroatoms. The SMILES string of the molecule is CN=C(NCCCn1c(C)nc2ccccc21)N(C)CCC1CCOCC1.I. The van der Waals surface area contributed by atoms with Crippen LogP contribution in [0.1, 0.15) is 31.5 Å². The van der Waals surface area contributed by atoms with Crippen LogP contribution < -0.4 is 5.32 Å². The number of aryl methyl sites for hydroxylation is 2. The van der Waals surface area contributed by atoms with Crippen LogP contribution in [0.25, 0.3) is 11.0 Å². The Morgan fingerprint density at radius 1 is 1.32 bits per heavy atom. The third-order valence-electron chi connectivity index (χ3n) is 5.47. The van der Waals surface area contributed by atoms with E-state index in [4.69, 9.17) is 4.74 Å². The number of aliphatic imine (C=N–C) groups is 1. The van der Waals surface area contributed by atoms with Gasteiger partial charge in [0.25, 0.3) is 0 Å². The van der Waals surface area contributed by atoms with Gasteiger partial charge < -0.3 is 19.5 Å². The number of halogens is 1. The number of aromatic nitrogens is 2. The van der Waals surface area contributed by atoms with Crippen LogP contribution >= 0.6 is 24.0 Å². The second-order valence-electron chi connectivity index (χ2n) is 7.39. The summed E-state index contributed by atoms with van der Waals surface area (Å²) in [5.74, 6) is 2.85. The molecule has 1 aromatic heterocycles. The summed E-state index contributed by atoms with van der Waals surface area (Å²) in [7, 11) is 3.99. The highest BCUT2D eigenvalue weighted by atomic mass is 127. The molecule has 156 valence electrons. The third kappa shape index (κ3) is 6.07. The van der Waals surface area contributed by atoms with Gasteiger partial charge in [-0.25, -0.2) is 4.98 Å². The first kappa shape index (κ1) is 22.9. The van der Waals surface area contributed by atoms with Gasteiger partial charge in [0.05, 0.1) is 11.0 Å². The largest absolute Gasteiger partial charge is 0.381 e. The van der Waals surface area contributed by atoms with Gasteiger partial charge >= 0.3 is 0 Å². The summed E-state index contributed by atoms with van der Waals surface area (Å²) < 4.78 is 7.75. The van der Waals surface area contributed by atoms with E-state index in [-0.39, 0.29) is 24.0 Å². The lowest BCUT2D eigenvalue weighted by molar-refractivity contribution is 0.0625. The fourth-order valence-electron chi connectivity index (χ4n) is 3.82. The molecule has 0 bridgehead atoms. The van der Waals surface area contributed by atoms with Gasteiger partial charge in [-0.2, -0.15) is 0 Å². The summed E-state index contributed by atoms with van der Waals surface area (Å²) >= 11 is 0. The Labute approximate surface area is 185 Å². The molecule has 0 spiro atoms. The van der Waals surface area contributed by atoms with Crippen molar-refractivity contribution >= 4 is 41.0 Å². The Morgan fingerprint density at radius 2 is 2.07 bits per heavy atom. The van der Waals surface area contributed by atoms with Crippen LogP contribution in [0.2, 0.25) is 0 Å². The molecule has 28 heavy (non-hydrogen) atoms. The zero-order valence-corrected chi connectivity index (χ0v) is 19.7. The summed E-state index contributed by atoms with van der Waals surface area (Å²) in [5, 5.41) is 3.50. The number of guanidine groups is 1. The van der Waals surface area contributed by atoms with Crippen LogP contribution in [0.15, 0.2) is 29.3 Å². The number of fused-ring (bicyclic) bond motifs is 1. The number of imidazole rings is 1. The first-order valence-corrected chi connectivity index (χ1v) is 10.1. The van der Waals surface area contributed by atoms with Gasteiger partial charge in [0.1, 0.15) is 5.82 Å². The van der Waals surface area contributed by atoms with E-state index in [0.29, 0.717) is 0 Å². The minimum atomic E-state index is 0. The maximum Gasteiger partial charge on any atom is 0.193 e. The first-order chi connectivity index (χ1) is 13.2. The van der Waals surface area contributed by atoms with E-state index in [0.717, 1.165) is 62.5 Å². The van der Waals surface area contributed by atoms with Gasteiger partial charge in [0.15, 0.2) is 5.96 Å². The Hall–Kier alpha value is -1.35. The van der Waals surface area contributed by atoms with Crippen molar-refractivity contribution in [3.05, 3.63) is 30.1 Å². The van der Waals surface area contributed by atoms with Gasteiger partial charge in [0, 0.05) is 46.9 Å². The lowest BCUT2D eigenvalue weighted by Gasteiger charge is -2.26. The highest BCUT2D eigenvalue weighted by Gasteiger charge is 2.15. The lowest BCUT2D eigenvalue weighted by atomic mass is 9.96. The predicted molar refractivity (Wildman–Crippen MR) is 127 cm³/mol. The van der Waals surface area contributed by atoms with Gasteiger partial charge in [-0.05, 0) is 50.7 Å². The second-order valence-corrected chi connectivity index (χ2v) is 7.39. The van der Waals surface area contributed by atoms with Gasteiger partial charge in [-0.3, -0.25) is 4.99 Å². The zero-order valence-electron chi connectivity index (χ0n) is 17.4. The molecule has 0 atom stereocenters. The first-order valence-electron chi connectivity index (χ1n) is 10.1. The minimum absolute atomic E-state index is 0. The fourth-order valence-corrected chi connectivity index (χ4v) is 3.82. The number of hydrogen-bond donors (Lipinski definition) is 1. The zero-order chi connectivity index (χ0) is 19.1. The maximum atomic E-state index is 5.45. The molecule has 0 amide bonds. The summed E-state index contributed by atoms with van der Waals surface area (Å²) in [4.78, 5) is 11.3. The van der Waals surface area contributed by atoms with Gasteiger partial charge in [0.2, 0.25) is 0 Å². The van der Waals surface area contributed by atoms with Gasteiger partial charge in [-0.1, -0.05) is 12.1 Å². The fraction of sp³-hybridized carbons (Fsp3) is 0.619. The number of para-hydroxylation sites is 2. The van der Waals surface area contributed by atoms with Crippen molar-refractivity contribution in [1.29, 1.82) is 0 Å². The molecule has 0 unspecified atom stereocenters. The molecular weight excluding hydrogens is 465 g/mol. The van der Waals surface area contributed by atoms with E-state index in [9.17, 15) is 0 Å². The Bertz CT molecular complexity index is 754. The van der Waals surface area contributed by atoms with Crippen molar-refractivity contribution in [2.75, 3.05) is 40.4 Å². The number of benzene rings is 1. The number of hydrogen-bond acceptors (Lipinski definition) is 3. The van der Waals surface area contributed by atoms with E-state index >= 15 is 0 Å². The Morgan fingerprint density at radius 3 is 2.82 bits per heavy atom. The monoisotopic (exact) mass is 499 g/mol. The van der Waals surface area contributed by atoms with E-state index < -0.39 is 0 Å². The molecule has 1 N–H and O–H groups in total. The van der Waals surface area contributed by atoms with Crippen LogP contribution in [-0.4, -0.2) is 60.8 Å². The van der Waals surface area contributed by atoms with E-state index in [2.05, 4.69) is 56.9 Å². The molecule has 1 saturated heterocycles. The van der Waals surface area contributed by atoms with Crippen molar-refractivity contribution in [3.63, 3.8) is 0 Å². The van der Waals surface area contributed by atoms with Crippen molar-refractivity contribution in [1.82, 2.24) is 19.8 Å². The minimum Gasteiger partial charge on any atom is -0.381 e. The average Bonchev–Trinajstić information content (AvgIpc) is 3.02. The molecule has 2 aromatic rings. The van der Waals surface area contributed by atoms with Crippen LogP contribution in [0.3, 0.4) is 0 Å². The molecule has 1 aromatic carbocycles. The van der Waals surface area contributed by atoms with Crippen molar-refractivity contribution < 1.29 is 4.74 Å². The molecule has 1 aliphatic heterocycles. The number of rotatable bonds is 7. The molecule has 1 aliphatic rings. The summed E-state index contributed by atoms with van der Waals surface area (Å²) in [6, 6.07) is 8.34. The van der Waals surface area contributed by atoms with E-state index in [1.807, 2.05) is 13.1 Å². The molecule has 1 fully saturated rings. The smallest absolute Gasteiger partial charge is 0.193 e. The molecule has 2 heterocycles. The Kier molecular flexibility index (Phi) is 9.50. The number of nitrogens with zero attached hydrogens (tertiary/aromatic N) is 4. The third-order valence-corrected chi connectivity index (χ3v) is 5.47. The lowest BCUT2D eigenvalue weighted by Crippen LogP contribution is -2.40. The highest BCUT2D eigenvalue weighted by Crippen LogP contribution is 2.18. The average molecular weight is 499 g/mol. The summed E-state index contributed by atoms with van der Waals surface area (Å²) in [6.07, 6.45) is 4.63. The van der Waals surface area contributed by atoms with Crippen LogP contribution in [-0.2, 0) is 11.3 Å². The molecule has 0 radical (unpaired) electrons. The predicted octanol–water partition coefficient (Wildman–Crippen LogP) is 3.68. The van der Waals surface area contributed by atoms with Crippen LogP contribution in [0.4, 0.5) is 0 Å². The van der Waals surface area contributed by atoms with Gasteiger partial charge in [-0.15, -0.1) is 24.0 Å². The molecule has 0 aliphatic carbocycles. The number of ether oxygens (including phenoxy) is 1. The highest BCUT2D eigenvalue weighted by molar-refractivity contribution is 14.0. The quantitative estimate of drug-likeness (QED) is 0.274. The topological polar surface area (TPSA) is 54.7 Å². The van der Waals surface area contributed by atoms with E-state index in [1.165, 1.54) is 24.8 Å². The van der Waals surface area contributed by atoms with Crippen molar-refractivity contribution in [3.8, 4) is 0 Å². The molecular formula is C21H34IN5O. The summed E-state index contributed by atoms with van der Waals surface area (Å²) in [6.45, 7) is 6.82. The van der Waals surface area contributed by atoms with E-state index in [1.54, 1.807) is 0 Å². The molecule has 3 rings (SSSR count). The normalized spacial score (nSPS) is 15.5. The van der Waals surface area contributed by atoms with Crippen molar-refractivity contribution in [2.45, 2.75) is 39.2 Å².